The smallest absolute Gasteiger partial charge is 0.363 e. The van der Waals surface area contributed by atoms with Crippen LogP contribution >= 0.6 is 11.8 Å². The molecule has 0 radical (unpaired) electrons. The fourth-order valence-electron chi connectivity index (χ4n) is 5.24. The van der Waals surface area contributed by atoms with E-state index in [-0.39, 0.29) is 23.5 Å². The summed E-state index contributed by atoms with van der Waals surface area (Å²) in [4.78, 5) is 12.2. The highest BCUT2D eigenvalue weighted by atomic mass is 32.2. The molecule has 0 spiro atoms. The summed E-state index contributed by atoms with van der Waals surface area (Å²) in [5.74, 6) is -1.21. The molecule has 1 heterocycles. The van der Waals surface area contributed by atoms with Crippen molar-refractivity contribution < 1.29 is 32.7 Å². The lowest BCUT2D eigenvalue weighted by atomic mass is 9.73. The Balaban J connectivity index is 1.91. The third-order valence-corrected chi connectivity index (χ3v) is 9.36. The number of unbranched alkanes of at least 4 members (excludes halogenated alkanes) is 2. The number of amides is 1. The minimum atomic E-state index is -4.76. The number of carbonyl (C=O) groups is 1. The van der Waals surface area contributed by atoms with Crippen LogP contribution in [0, 0.1) is 11.8 Å². The van der Waals surface area contributed by atoms with Crippen LogP contribution in [0.1, 0.15) is 76.8 Å². The number of hydrogen-bond donors (Lipinski definition) is 3. The molecular weight excluding hydrogens is 514 g/mol. The Morgan fingerprint density at radius 2 is 2.03 bits per heavy atom. The molecule has 3 rings (SSSR count). The maximum Gasteiger partial charge on any atom is 0.363 e. The largest absolute Gasteiger partial charge is 0.507 e. The molecule has 1 aromatic carbocycles. The quantitative estimate of drug-likeness (QED) is 0.106. The molecule has 3 N–H and O–H groups in total. The van der Waals surface area contributed by atoms with E-state index in [1.165, 1.54) is 12.5 Å². The van der Waals surface area contributed by atoms with Crippen LogP contribution in [0.4, 0.5) is 0 Å². The second-order valence-electron chi connectivity index (χ2n) is 10.2. The molecule has 1 amide bonds. The highest BCUT2D eigenvalue weighted by Gasteiger charge is 2.55. The average Bonchev–Trinajstić information content (AvgIpc) is 2.76. The number of aromatic hydroxyl groups is 1. The number of allylic oxidation sites excluding steroid dienone is 3. The van der Waals surface area contributed by atoms with Gasteiger partial charge in [0, 0.05) is 11.5 Å². The van der Waals surface area contributed by atoms with Crippen LogP contribution in [0.2, 0.25) is 0 Å². The number of aliphatic hydroxyl groups excluding tert-OH is 1. The molecule has 1 saturated heterocycles. The molecule has 10 heteroatoms. The number of phenols is 1. The van der Waals surface area contributed by atoms with Crippen LogP contribution in [-0.4, -0.2) is 50.8 Å². The molecular formula is C27H39NO7S2. The molecule has 0 unspecified atom stereocenters. The van der Waals surface area contributed by atoms with E-state index in [1.54, 1.807) is 6.07 Å². The van der Waals surface area contributed by atoms with Gasteiger partial charge in [-0.2, -0.15) is 8.42 Å². The highest BCUT2D eigenvalue weighted by molar-refractivity contribution is 8.00. The number of β-lactam (4-membered cyclic amide) rings is 1. The van der Waals surface area contributed by atoms with E-state index in [9.17, 15) is 28.0 Å². The number of rotatable bonds is 12. The Kier molecular flexibility index (Phi) is 9.77. The Bertz CT molecular complexity index is 1150. The van der Waals surface area contributed by atoms with Gasteiger partial charge in [-0.25, -0.2) is 4.31 Å². The number of nitrogens with zero attached hydrogens (tertiary/aromatic N) is 1. The van der Waals surface area contributed by atoms with Crippen molar-refractivity contribution in [2.24, 2.45) is 11.8 Å². The summed E-state index contributed by atoms with van der Waals surface area (Å²) in [6.07, 6.45) is 6.84. The van der Waals surface area contributed by atoms with Gasteiger partial charge in [-0.3, -0.25) is 9.35 Å². The summed E-state index contributed by atoms with van der Waals surface area (Å²) in [6, 6.07) is 3.73. The maximum absolute atomic E-state index is 12.2. The summed E-state index contributed by atoms with van der Waals surface area (Å²) in [5, 5.41) is 20.2. The van der Waals surface area contributed by atoms with Gasteiger partial charge in [0.1, 0.15) is 22.8 Å². The normalized spacial score (nSPS) is 24.9. The Labute approximate surface area is 224 Å². The van der Waals surface area contributed by atoms with Crippen LogP contribution in [0.3, 0.4) is 0 Å². The first-order valence-corrected chi connectivity index (χ1v) is 15.2. The minimum Gasteiger partial charge on any atom is -0.507 e. The van der Waals surface area contributed by atoms with Gasteiger partial charge >= 0.3 is 10.3 Å². The molecule has 1 aromatic rings. The Morgan fingerprint density at radius 1 is 1.32 bits per heavy atom. The van der Waals surface area contributed by atoms with Crippen molar-refractivity contribution in [3.63, 3.8) is 0 Å². The number of carbonyl (C=O) groups excluding carboxylic acids is 1. The predicted octanol–water partition coefficient (Wildman–Crippen LogP) is 5.18. The zero-order valence-corrected chi connectivity index (χ0v) is 23.6. The van der Waals surface area contributed by atoms with E-state index in [0.29, 0.717) is 15.6 Å². The highest BCUT2D eigenvalue weighted by Crippen LogP contribution is 2.47. The topological polar surface area (TPSA) is 124 Å². The molecule has 8 nitrogen and oxygen atoms in total. The number of hydrogen-bond acceptors (Lipinski definition) is 7. The first-order chi connectivity index (χ1) is 17.4. The van der Waals surface area contributed by atoms with Gasteiger partial charge in [-0.15, -0.1) is 0 Å². The number of benzene rings is 1. The minimum absolute atomic E-state index is 0.0504. The number of thioether (sulfide) groups is 1. The summed E-state index contributed by atoms with van der Waals surface area (Å²) in [5.41, 5.74) is 3.86. The Hall–Kier alpha value is -2.01. The van der Waals surface area contributed by atoms with Crippen molar-refractivity contribution in [2.75, 3.05) is 5.94 Å². The van der Waals surface area contributed by atoms with Crippen LogP contribution in [-0.2, 0) is 21.5 Å². The third kappa shape index (κ3) is 6.71. The van der Waals surface area contributed by atoms with Crippen molar-refractivity contribution in [3.8, 4) is 11.5 Å². The molecule has 206 valence electrons. The van der Waals surface area contributed by atoms with E-state index in [0.717, 1.165) is 61.4 Å². The molecule has 0 bridgehead atoms. The van der Waals surface area contributed by atoms with Gasteiger partial charge in [0.05, 0.1) is 12.0 Å². The fraction of sp³-hybridized carbons (Fsp3) is 0.593. The van der Waals surface area contributed by atoms with Crippen molar-refractivity contribution in [3.05, 3.63) is 47.1 Å². The lowest BCUT2D eigenvalue weighted by molar-refractivity contribution is -0.147. The fourth-order valence-corrected chi connectivity index (χ4v) is 7.61. The van der Waals surface area contributed by atoms with Gasteiger partial charge in [0.25, 0.3) is 0 Å². The van der Waals surface area contributed by atoms with Gasteiger partial charge in [-0.1, -0.05) is 55.3 Å². The molecule has 1 aliphatic heterocycles. The molecule has 5 atom stereocenters. The first kappa shape index (κ1) is 29.5. The lowest BCUT2D eigenvalue weighted by Gasteiger charge is -2.44. The number of aliphatic hydroxyl groups is 1. The van der Waals surface area contributed by atoms with Crippen LogP contribution in [0.5, 0.6) is 11.5 Å². The third-order valence-electron chi connectivity index (χ3n) is 7.22. The van der Waals surface area contributed by atoms with Gasteiger partial charge < -0.3 is 14.9 Å². The van der Waals surface area contributed by atoms with E-state index in [2.05, 4.69) is 26.5 Å². The predicted molar refractivity (Wildman–Crippen MR) is 146 cm³/mol. The van der Waals surface area contributed by atoms with Crippen molar-refractivity contribution in [1.82, 2.24) is 4.31 Å². The summed E-state index contributed by atoms with van der Waals surface area (Å²) < 4.78 is 39.5. The summed E-state index contributed by atoms with van der Waals surface area (Å²) in [6.45, 7) is 11.8. The lowest BCUT2D eigenvalue weighted by Crippen LogP contribution is -2.64. The van der Waals surface area contributed by atoms with E-state index >= 15 is 0 Å². The molecule has 2 aliphatic rings. The average molecular weight is 554 g/mol. The first-order valence-electron chi connectivity index (χ1n) is 12.8. The molecule has 0 saturated carbocycles. The second-order valence-corrected chi connectivity index (χ2v) is 12.6. The zero-order chi connectivity index (χ0) is 27.5. The van der Waals surface area contributed by atoms with Crippen LogP contribution in [0.15, 0.2) is 35.9 Å². The Morgan fingerprint density at radius 3 is 2.62 bits per heavy atom. The maximum atomic E-state index is 12.2. The number of ether oxygens (including phenoxy) is 1. The molecule has 37 heavy (non-hydrogen) atoms. The van der Waals surface area contributed by atoms with E-state index < -0.39 is 33.6 Å². The SMILES string of the molecule is C=C(C)[C@@H]1CCC(C)=C[C@H]1c1c(O)cc(CCCCC)cc1OCS[C@@H]1[C@@H]([C@@H](C)O)C(=O)N1S(=O)(=O)O. The summed E-state index contributed by atoms with van der Waals surface area (Å²) >= 11 is 0.999. The summed E-state index contributed by atoms with van der Waals surface area (Å²) in [7, 11) is -4.76. The van der Waals surface area contributed by atoms with Gasteiger partial charge in [-0.05, 0) is 70.1 Å². The molecule has 1 aliphatic carbocycles. The van der Waals surface area contributed by atoms with Crippen molar-refractivity contribution in [1.29, 1.82) is 0 Å². The van der Waals surface area contributed by atoms with Crippen LogP contribution < -0.4 is 4.74 Å². The molecule has 0 aromatic heterocycles. The van der Waals surface area contributed by atoms with E-state index in [1.807, 2.05) is 13.0 Å². The van der Waals surface area contributed by atoms with Gasteiger partial charge in [0.2, 0.25) is 5.91 Å². The van der Waals surface area contributed by atoms with Crippen molar-refractivity contribution in [2.45, 2.75) is 83.6 Å². The van der Waals surface area contributed by atoms with E-state index in [4.69, 9.17) is 4.74 Å². The van der Waals surface area contributed by atoms with Crippen LogP contribution in [0.25, 0.3) is 0 Å². The second kappa shape index (κ2) is 12.2. The number of phenolic OH excluding ortho intramolecular Hbond substituents is 1. The van der Waals surface area contributed by atoms with Crippen molar-refractivity contribution >= 4 is 28.0 Å². The monoisotopic (exact) mass is 553 g/mol. The van der Waals surface area contributed by atoms with Gasteiger partial charge in [0.15, 0.2) is 0 Å². The molecule has 1 fully saturated rings. The number of aryl methyl sites for hydroxylation is 1. The standard InChI is InChI=1S/C27H39NO7S2/c1-6-7-8-9-19-13-22(30)25(21-12-17(4)10-11-20(21)16(2)3)23(14-19)35-15-36-27-24(18(5)29)26(31)28(27)37(32,33)34/h12-14,18,20-21,24,27,29-30H,2,6-11,15H2,1,3-5H3,(H,32,33,34)/t18-,20+,21-,24+,27-/m1/s1. The zero-order valence-electron chi connectivity index (χ0n) is 22.0.